The van der Waals surface area contributed by atoms with E-state index in [9.17, 15) is 18.3 Å². The van der Waals surface area contributed by atoms with Crippen LogP contribution in [0.5, 0.6) is 0 Å². The first-order valence-corrected chi connectivity index (χ1v) is 18.3. The first kappa shape index (κ1) is 35.1. The molecule has 0 saturated carbocycles. The lowest BCUT2D eigenvalue weighted by Crippen LogP contribution is -2.51. The van der Waals surface area contributed by atoms with Gasteiger partial charge in [0.15, 0.2) is 6.29 Å². The molecule has 3 aromatic carbocycles. The highest BCUT2D eigenvalue weighted by Gasteiger charge is 2.44. The third-order valence-corrected chi connectivity index (χ3v) is 10.7. The van der Waals surface area contributed by atoms with E-state index in [-0.39, 0.29) is 49.1 Å². The molecule has 0 bridgehead atoms. The number of ether oxygens (including phenoxy) is 3. The minimum absolute atomic E-state index is 0.0311. The predicted molar refractivity (Wildman–Crippen MR) is 184 cm³/mol. The van der Waals surface area contributed by atoms with Gasteiger partial charge in [0.05, 0.1) is 42.7 Å². The van der Waals surface area contributed by atoms with Crippen molar-refractivity contribution >= 4 is 27.1 Å². The van der Waals surface area contributed by atoms with Crippen LogP contribution in [0.15, 0.2) is 94.2 Å². The molecule has 6 rings (SSSR count). The molecule has 2 fully saturated rings. The highest BCUT2D eigenvalue weighted by Crippen LogP contribution is 2.33. The number of carbonyl (C=O) groups is 1. The molecule has 12 heteroatoms. The zero-order valence-electron chi connectivity index (χ0n) is 27.9. The first-order chi connectivity index (χ1) is 23.7. The topological polar surface area (TPSA) is 140 Å². The number of nitrogens with one attached hydrogen (secondary N) is 2. The molecule has 0 spiro atoms. The van der Waals surface area contributed by atoms with Gasteiger partial charge in [-0.15, -0.1) is 0 Å². The molecular weight excluding hydrogens is 646 g/mol. The Balaban J connectivity index is 1.16. The average Bonchev–Trinajstić information content (AvgIpc) is 3.82. The van der Waals surface area contributed by atoms with Crippen molar-refractivity contribution in [3.8, 4) is 0 Å². The quantitative estimate of drug-likeness (QED) is 0.160. The molecule has 2 aliphatic heterocycles. The Morgan fingerprint density at radius 3 is 2.43 bits per heavy atom. The third-order valence-electron chi connectivity index (χ3n) is 8.92. The number of rotatable bonds is 15. The molecule has 1 amide bonds. The summed E-state index contributed by atoms with van der Waals surface area (Å²) >= 11 is 0. The van der Waals surface area contributed by atoms with E-state index in [1.807, 2.05) is 80.6 Å². The molecule has 4 aromatic rings. The van der Waals surface area contributed by atoms with Crippen LogP contribution in [-0.4, -0.2) is 74.8 Å². The second kappa shape index (κ2) is 15.8. The van der Waals surface area contributed by atoms with Crippen LogP contribution >= 0.6 is 0 Å². The molecule has 3 heterocycles. The van der Waals surface area contributed by atoms with Crippen molar-refractivity contribution in [2.24, 2.45) is 11.8 Å². The predicted octanol–water partition coefficient (Wildman–Crippen LogP) is 4.83. The number of aliphatic hydroxyl groups excluding tert-OH is 1. The lowest BCUT2D eigenvalue weighted by molar-refractivity contribution is -0.0907. The molecule has 11 nitrogen and oxygen atoms in total. The molecular formula is C37H45N3O8S. The van der Waals surface area contributed by atoms with Gasteiger partial charge in [-0.2, -0.15) is 4.31 Å². The number of fused-ring (bicyclic) bond motifs is 2. The van der Waals surface area contributed by atoms with Crippen LogP contribution < -0.4 is 10.6 Å². The standard InChI is InChI=1S/C37H45N3O8S/c1-25(2)22-40(49(43,44)30-13-14-34-28(19-30)18-29(47-34)21-38-20-27-11-7-4-8-12-27)23-33(41)32(17-26-9-5-3-6-10-26)39-37(42)48-35-24-46-36-31(35)15-16-45-36/h3-14,18-19,25,31-33,35-36,38,41H,15-17,20-24H2,1-2H3,(H,39,42)/t31-,32-,33+,35?,36+/m0/s1. The fourth-order valence-electron chi connectivity index (χ4n) is 6.43. The first-order valence-electron chi connectivity index (χ1n) is 16.9. The van der Waals surface area contributed by atoms with Crippen molar-refractivity contribution < 1.29 is 36.9 Å². The average molecular weight is 692 g/mol. The van der Waals surface area contributed by atoms with Crippen molar-refractivity contribution in [1.29, 1.82) is 0 Å². The fraction of sp³-hybridized carbons (Fsp3) is 0.432. The SMILES string of the molecule is CC(C)CN(C[C@@H](O)[C@H](Cc1ccccc1)NC(=O)OC1CO[C@H]2OCC[C@@H]12)S(=O)(=O)c1ccc2oc(CNCc3ccccc3)cc2c1. The van der Waals surface area contributed by atoms with Crippen LogP contribution in [0.1, 0.15) is 37.2 Å². The van der Waals surface area contributed by atoms with E-state index in [2.05, 4.69) is 10.6 Å². The molecule has 2 saturated heterocycles. The van der Waals surface area contributed by atoms with Crippen LogP contribution in [0.3, 0.4) is 0 Å². The molecule has 5 atom stereocenters. The zero-order chi connectivity index (χ0) is 34.4. The van der Waals surface area contributed by atoms with Gasteiger partial charge < -0.3 is 34.4 Å². The summed E-state index contributed by atoms with van der Waals surface area (Å²) in [7, 11) is -4.05. The van der Waals surface area contributed by atoms with E-state index in [1.54, 1.807) is 12.1 Å². The van der Waals surface area contributed by atoms with Crippen molar-refractivity contribution in [2.75, 3.05) is 26.3 Å². The highest BCUT2D eigenvalue weighted by atomic mass is 32.2. The van der Waals surface area contributed by atoms with Gasteiger partial charge in [0.25, 0.3) is 0 Å². The summed E-state index contributed by atoms with van der Waals surface area (Å²) in [6, 6.07) is 25.3. The number of nitrogens with zero attached hydrogens (tertiary/aromatic N) is 1. The monoisotopic (exact) mass is 691 g/mol. The summed E-state index contributed by atoms with van der Waals surface area (Å²) in [6.45, 7) is 5.72. The number of hydrogen-bond donors (Lipinski definition) is 3. The van der Waals surface area contributed by atoms with Crippen LogP contribution in [0.2, 0.25) is 0 Å². The van der Waals surface area contributed by atoms with E-state index >= 15 is 0 Å². The number of carbonyl (C=O) groups excluding carboxylic acids is 1. The Kier molecular flexibility index (Phi) is 11.3. The lowest BCUT2D eigenvalue weighted by atomic mass is 10.0. The largest absolute Gasteiger partial charge is 0.460 e. The van der Waals surface area contributed by atoms with Gasteiger partial charge in [0, 0.05) is 25.0 Å². The van der Waals surface area contributed by atoms with Crippen molar-refractivity contribution in [3.63, 3.8) is 0 Å². The molecule has 0 aliphatic carbocycles. The number of aliphatic hydroxyl groups is 1. The summed E-state index contributed by atoms with van der Waals surface area (Å²) in [4.78, 5) is 13.2. The molecule has 262 valence electrons. The maximum absolute atomic E-state index is 14.2. The van der Waals surface area contributed by atoms with E-state index in [0.717, 1.165) is 17.5 Å². The van der Waals surface area contributed by atoms with Crippen molar-refractivity contribution in [3.05, 3.63) is 102 Å². The van der Waals surface area contributed by atoms with Crippen molar-refractivity contribution in [2.45, 2.75) is 69.2 Å². The number of furan rings is 1. The Morgan fingerprint density at radius 1 is 0.959 bits per heavy atom. The number of hydrogen-bond acceptors (Lipinski definition) is 9. The Bertz CT molecular complexity index is 1780. The minimum Gasteiger partial charge on any atom is -0.460 e. The molecule has 2 aliphatic rings. The number of amides is 1. The maximum atomic E-state index is 14.2. The summed E-state index contributed by atoms with van der Waals surface area (Å²) in [5.74, 6) is 0.622. The number of benzene rings is 3. The summed E-state index contributed by atoms with van der Waals surface area (Å²) in [5.41, 5.74) is 2.61. The highest BCUT2D eigenvalue weighted by molar-refractivity contribution is 7.89. The summed E-state index contributed by atoms with van der Waals surface area (Å²) < 4.78 is 52.5. The minimum atomic E-state index is -4.05. The van der Waals surface area contributed by atoms with Gasteiger partial charge in [-0.05, 0) is 54.2 Å². The van der Waals surface area contributed by atoms with Gasteiger partial charge >= 0.3 is 6.09 Å². The van der Waals surface area contributed by atoms with Crippen molar-refractivity contribution in [1.82, 2.24) is 14.9 Å². The molecule has 3 N–H and O–H groups in total. The van der Waals surface area contributed by atoms with E-state index < -0.39 is 34.4 Å². The second-order valence-corrected chi connectivity index (χ2v) is 15.1. The molecule has 1 unspecified atom stereocenters. The van der Waals surface area contributed by atoms with E-state index in [4.69, 9.17) is 18.6 Å². The number of sulfonamides is 1. The third kappa shape index (κ3) is 8.88. The van der Waals surface area contributed by atoms with Gasteiger partial charge in [-0.3, -0.25) is 0 Å². The van der Waals surface area contributed by atoms with Gasteiger partial charge in [-0.25, -0.2) is 13.2 Å². The van der Waals surface area contributed by atoms with Gasteiger partial charge in [0.2, 0.25) is 10.0 Å². The Morgan fingerprint density at radius 2 is 1.69 bits per heavy atom. The van der Waals surface area contributed by atoms with E-state index in [0.29, 0.717) is 36.4 Å². The van der Waals surface area contributed by atoms with Gasteiger partial charge in [0.1, 0.15) is 17.4 Å². The lowest BCUT2D eigenvalue weighted by Gasteiger charge is -2.31. The van der Waals surface area contributed by atoms with Crippen LogP contribution in [-0.2, 0) is 43.7 Å². The normalized spacial score (nSPS) is 20.5. The van der Waals surface area contributed by atoms with Gasteiger partial charge in [-0.1, -0.05) is 74.5 Å². The van der Waals surface area contributed by atoms with Crippen LogP contribution in [0.4, 0.5) is 4.79 Å². The molecule has 49 heavy (non-hydrogen) atoms. The molecule has 0 radical (unpaired) electrons. The number of alkyl carbamates (subject to hydrolysis) is 1. The Hall–Kier alpha value is -3.78. The summed E-state index contributed by atoms with van der Waals surface area (Å²) in [6.07, 6.45) is -1.77. The summed E-state index contributed by atoms with van der Waals surface area (Å²) in [5, 5.41) is 18.5. The fourth-order valence-corrected chi connectivity index (χ4v) is 8.09. The Labute approximate surface area is 287 Å². The van der Waals surface area contributed by atoms with Crippen LogP contribution in [0, 0.1) is 11.8 Å². The van der Waals surface area contributed by atoms with E-state index in [1.165, 1.54) is 10.4 Å². The van der Waals surface area contributed by atoms with Crippen LogP contribution in [0.25, 0.3) is 11.0 Å². The zero-order valence-corrected chi connectivity index (χ0v) is 28.7. The maximum Gasteiger partial charge on any atom is 0.407 e. The molecule has 1 aromatic heterocycles. The smallest absolute Gasteiger partial charge is 0.407 e. The second-order valence-electron chi connectivity index (χ2n) is 13.2.